The first kappa shape index (κ1) is 29.6. The van der Waals surface area contributed by atoms with Crippen molar-refractivity contribution in [3.05, 3.63) is 69.4 Å². The quantitative estimate of drug-likeness (QED) is 0.260. The van der Waals surface area contributed by atoms with E-state index in [0.29, 0.717) is 33.8 Å². The molecule has 6 rings (SSSR count). The zero-order valence-electron chi connectivity index (χ0n) is 24.6. The molecule has 1 aromatic heterocycles. The van der Waals surface area contributed by atoms with Crippen LogP contribution in [0.25, 0.3) is 0 Å². The average molecular weight is 630 g/mol. The van der Waals surface area contributed by atoms with Crippen LogP contribution in [0.15, 0.2) is 42.6 Å². The van der Waals surface area contributed by atoms with Gasteiger partial charge >= 0.3 is 0 Å². The van der Waals surface area contributed by atoms with E-state index in [1.54, 1.807) is 18.3 Å². The van der Waals surface area contributed by atoms with Gasteiger partial charge in [0.2, 0.25) is 12.7 Å². The number of halogens is 2. The number of likely N-dealkylation sites (tertiary alicyclic amines) is 1. The van der Waals surface area contributed by atoms with E-state index in [-0.39, 0.29) is 35.7 Å². The number of thiazole rings is 1. The Balaban J connectivity index is 1.23. The van der Waals surface area contributed by atoms with E-state index in [9.17, 15) is 4.79 Å². The third-order valence-corrected chi connectivity index (χ3v) is 14.9. The minimum absolute atomic E-state index is 0.0762. The molecule has 2 fully saturated rings. The summed E-state index contributed by atoms with van der Waals surface area (Å²) in [5.41, 5.74) is 0.831. The van der Waals surface area contributed by atoms with E-state index >= 15 is 4.39 Å². The highest BCUT2D eigenvalue weighted by molar-refractivity contribution is 7.15. The molecule has 3 heterocycles. The number of carbonyl (C=O) groups excluding carboxylic acids is 1. The van der Waals surface area contributed by atoms with Crippen molar-refractivity contribution in [3.63, 3.8) is 0 Å². The number of nitrogens with one attached hydrogen (secondary N) is 1. The van der Waals surface area contributed by atoms with Gasteiger partial charge in [-0.2, -0.15) is 0 Å². The number of rotatable bonds is 8. The number of aromatic nitrogens is 1. The van der Waals surface area contributed by atoms with Crippen LogP contribution < -0.4 is 14.8 Å². The van der Waals surface area contributed by atoms with Crippen LogP contribution in [0.3, 0.4) is 0 Å². The predicted octanol–water partition coefficient (Wildman–Crippen LogP) is 7.52. The summed E-state index contributed by atoms with van der Waals surface area (Å²) in [6.07, 6.45) is 4.20. The van der Waals surface area contributed by atoms with Gasteiger partial charge in [-0.1, -0.05) is 55.8 Å². The Morgan fingerprint density at radius 2 is 1.98 bits per heavy atom. The zero-order chi connectivity index (χ0) is 29.9. The van der Waals surface area contributed by atoms with Crippen molar-refractivity contribution in [3.8, 4) is 11.5 Å². The highest BCUT2D eigenvalue weighted by Gasteiger charge is 2.52. The standard InChI is InChI=1S/C31H37ClFN3O4SSi/c1-30(2,3)42(4,5)40-21-10-13-36(17-21)27(22-8-7-20(32)15-23(22)33)26-16-34-29(41-26)35-28(37)31(11-12-31)19-6-9-24-25(14-19)39-18-38-24/h6-9,14-16,21,27H,10-13,17-18H2,1-5H3,(H,34,35,37)/t21-,27?/m0/s1. The van der Waals surface area contributed by atoms with Crippen molar-refractivity contribution in [1.82, 2.24) is 9.88 Å². The number of hydrogen-bond donors (Lipinski definition) is 1. The van der Waals surface area contributed by atoms with Crippen molar-refractivity contribution in [1.29, 1.82) is 0 Å². The molecule has 11 heteroatoms. The number of fused-ring (bicyclic) bond motifs is 1. The van der Waals surface area contributed by atoms with Crippen LogP contribution in [0.1, 0.15) is 62.1 Å². The summed E-state index contributed by atoms with van der Waals surface area (Å²) in [6.45, 7) is 12.9. The van der Waals surface area contributed by atoms with Crippen molar-refractivity contribution < 1.29 is 23.1 Å². The number of hydrogen-bond acceptors (Lipinski definition) is 7. The molecule has 1 amide bonds. The van der Waals surface area contributed by atoms with E-state index in [1.807, 2.05) is 18.2 Å². The third-order valence-electron chi connectivity index (χ3n) is 9.19. The zero-order valence-corrected chi connectivity index (χ0v) is 27.2. The molecule has 42 heavy (non-hydrogen) atoms. The first-order valence-corrected chi connectivity index (χ1v) is 18.5. The molecule has 2 aliphatic heterocycles. The highest BCUT2D eigenvalue weighted by Crippen LogP contribution is 2.51. The molecule has 0 radical (unpaired) electrons. The molecule has 2 aromatic carbocycles. The Labute approximate surface area is 256 Å². The van der Waals surface area contributed by atoms with Gasteiger partial charge in [0.25, 0.3) is 0 Å². The Morgan fingerprint density at radius 3 is 2.69 bits per heavy atom. The molecule has 2 atom stereocenters. The Bertz CT molecular complexity index is 1510. The second-order valence-electron chi connectivity index (χ2n) is 13.0. The van der Waals surface area contributed by atoms with Gasteiger partial charge < -0.3 is 19.2 Å². The summed E-state index contributed by atoms with van der Waals surface area (Å²) in [6, 6.07) is 10.1. The Hall–Kier alpha value is -2.50. The van der Waals surface area contributed by atoms with Crippen LogP contribution in [-0.4, -0.2) is 50.1 Å². The van der Waals surface area contributed by atoms with Crippen LogP contribution in [0.4, 0.5) is 9.52 Å². The van der Waals surface area contributed by atoms with E-state index in [4.69, 9.17) is 25.5 Å². The summed E-state index contributed by atoms with van der Waals surface area (Å²) in [5.74, 6) is 0.900. The fourth-order valence-corrected chi connectivity index (χ4v) is 8.09. The normalized spacial score (nSPS) is 20.5. The summed E-state index contributed by atoms with van der Waals surface area (Å²) in [5, 5.41) is 4.00. The maximum atomic E-state index is 15.4. The fourth-order valence-electron chi connectivity index (χ4n) is 5.58. The molecule has 1 unspecified atom stereocenters. The van der Waals surface area contributed by atoms with Crippen LogP contribution in [0.5, 0.6) is 11.5 Å². The number of carbonyl (C=O) groups is 1. The molecule has 1 saturated heterocycles. The average Bonchev–Trinajstić information content (AvgIpc) is 3.22. The molecular formula is C31H37ClFN3O4SSi. The molecule has 3 aliphatic rings. The number of ether oxygens (including phenoxy) is 2. The monoisotopic (exact) mass is 629 g/mol. The van der Waals surface area contributed by atoms with Gasteiger partial charge in [0.05, 0.1) is 17.6 Å². The highest BCUT2D eigenvalue weighted by atomic mass is 35.5. The van der Waals surface area contributed by atoms with Crippen LogP contribution in [-0.2, 0) is 14.6 Å². The lowest BCUT2D eigenvalue weighted by Gasteiger charge is -2.38. The van der Waals surface area contributed by atoms with E-state index in [2.05, 4.69) is 49.1 Å². The molecule has 224 valence electrons. The van der Waals surface area contributed by atoms with E-state index in [1.165, 1.54) is 17.4 Å². The van der Waals surface area contributed by atoms with Gasteiger partial charge in [0.1, 0.15) is 5.82 Å². The first-order chi connectivity index (χ1) is 19.9. The van der Waals surface area contributed by atoms with Crippen LogP contribution in [0, 0.1) is 5.82 Å². The largest absolute Gasteiger partial charge is 0.454 e. The second kappa shape index (κ2) is 10.9. The minimum atomic E-state index is -1.96. The topological polar surface area (TPSA) is 72.9 Å². The number of anilines is 1. The summed E-state index contributed by atoms with van der Waals surface area (Å²) in [7, 11) is -1.96. The van der Waals surface area contributed by atoms with Crippen LogP contribution >= 0.6 is 22.9 Å². The predicted molar refractivity (Wildman–Crippen MR) is 166 cm³/mol. The van der Waals surface area contributed by atoms with E-state index < -0.39 is 13.7 Å². The van der Waals surface area contributed by atoms with Gasteiger partial charge in [-0.15, -0.1) is 0 Å². The summed E-state index contributed by atoms with van der Waals surface area (Å²) in [4.78, 5) is 21.2. The molecular weight excluding hydrogens is 593 g/mol. The fraction of sp³-hybridized carbons (Fsp3) is 0.484. The lowest BCUT2D eigenvalue weighted by Crippen LogP contribution is -2.44. The van der Waals surface area contributed by atoms with Gasteiger partial charge in [-0.3, -0.25) is 9.69 Å². The molecule has 0 spiro atoms. The molecule has 0 bridgehead atoms. The maximum Gasteiger partial charge on any atom is 0.236 e. The van der Waals surface area contributed by atoms with Gasteiger partial charge in [0, 0.05) is 34.7 Å². The molecule has 7 nitrogen and oxygen atoms in total. The number of benzene rings is 2. The molecule has 1 aliphatic carbocycles. The van der Waals surface area contributed by atoms with Gasteiger partial charge in [-0.25, -0.2) is 9.37 Å². The second-order valence-corrected chi connectivity index (χ2v) is 19.3. The van der Waals surface area contributed by atoms with Crippen molar-refractivity contribution in [2.45, 2.75) is 75.7 Å². The summed E-state index contributed by atoms with van der Waals surface area (Å²) < 4.78 is 33.1. The van der Waals surface area contributed by atoms with Gasteiger partial charge in [0.15, 0.2) is 24.9 Å². The molecule has 3 aromatic rings. The number of nitrogens with zero attached hydrogens (tertiary/aromatic N) is 2. The lowest BCUT2D eigenvalue weighted by molar-refractivity contribution is -0.118. The number of amides is 1. The maximum absolute atomic E-state index is 15.4. The first-order valence-electron chi connectivity index (χ1n) is 14.4. The smallest absolute Gasteiger partial charge is 0.236 e. The van der Waals surface area contributed by atoms with Crippen molar-refractivity contribution in [2.75, 3.05) is 25.2 Å². The Kier molecular flexibility index (Phi) is 7.67. The van der Waals surface area contributed by atoms with Crippen molar-refractivity contribution in [2.24, 2.45) is 0 Å². The lowest BCUT2D eigenvalue weighted by atomic mass is 9.94. The molecule has 1 saturated carbocycles. The third kappa shape index (κ3) is 5.59. The summed E-state index contributed by atoms with van der Waals surface area (Å²) >= 11 is 7.50. The Morgan fingerprint density at radius 1 is 1.21 bits per heavy atom. The molecule has 1 N–H and O–H groups in total. The van der Waals surface area contributed by atoms with Crippen molar-refractivity contribution >= 4 is 42.3 Å². The van der Waals surface area contributed by atoms with E-state index in [0.717, 1.165) is 36.2 Å². The van der Waals surface area contributed by atoms with Gasteiger partial charge in [-0.05, 0) is 67.2 Å². The van der Waals surface area contributed by atoms with Crippen LogP contribution in [0.2, 0.25) is 23.2 Å². The SMILES string of the molecule is CC(C)(C)[Si](C)(C)O[C@H]1CCN(C(c2cnc(NC(=O)C3(c4ccc5c(c4)OCO5)CC3)s2)c2ccc(Cl)cc2F)C1. The minimum Gasteiger partial charge on any atom is -0.454 e.